The number of aromatic nitrogens is 2. The molecule has 140 valence electrons. The Balaban J connectivity index is 1.67. The third-order valence-corrected chi connectivity index (χ3v) is 5.04. The van der Waals surface area contributed by atoms with Gasteiger partial charge >= 0.3 is 0 Å². The number of β-amino-alcohol motifs (C(OH)–C–C–N with tert-alkyl or cyclic N) is 1. The van der Waals surface area contributed by atoms with Crippen molar-refractivity contribution in [2.24, 2.45) is 7.05 Å². The quantitative estimate of drug-likeness (QED) is 0.891. The minimum atomic E-state index is -1.03. The molecule has 1 aliphatic heterocycles. The topological polar surface area (TPSA) is 67.6 Å². The fourth-order valence-corrected chi connectivity index (χ4v) is 3.54. The van der Waals surface area contributed by atoms with Crippen LogP contribution in [0.15, 0.2) is 24.3 Å². The van der Waals surface area contributed by atoms with Crippen LogP contribution in [-0.4, -0.2) is 51.0 Å². The maximum atomic E-state index is 12.9. The van der Waals surface area contributed by atoms with Gasteiger partial charge in [-0.1, -0.05) is 19.1 Å². The number of carbonyl (C=O) groups excluding carboxylic acids is 1. The summed E-state index contributed by atoms with van der Waals surface area (Å²) in [6.07, 6.45) is 1.29. The largest absolute Gasteiger partial charge is 0.491 e. The minimum Gasteiger partial charge on any atom is -0.491 e. The van der Waals surface area contributed by atoms with Crippen LogP contribution in [0.1, 0.15) is 40.7 Å². The molecule has 0 bridgehead atoms. The van der Waals surface area contributed by atoms with E-state index in [2.05, 4.69) is 5.10 Å². The van der Waals surface area contributed by atoms with Gasteiger partial charge in [0.25, 0.3) is 5.91 Å². The summed E-state index contributed by atoms with van der Waals surface area (Å²) in [4.78, 5) is 14.6. The van der Waals surface area contributed by atoms with E-state index in [1.54, 1.807) is 16.6 Å². The molecule has 2 heterocycles. The van der Waals surface area contributed by atoms with Gasteiger partial charge in [0.05, 0.1) is 12.2 Å². The monoisotopic (exact) mass is 357 g/mol. The van der Waals surface area contributed by atoms with Crippen molar-refractivity contribution in [2.45, 2.75) is 39.2 Å². The molecule has 1 saturated heterocycles. The van der Waals surface area contributed by atoms with Gasteiger partial charge in [-0.15, -0.1) is 0 Å². The standard InChI is InChI=1S/C20H27N3O3/c1-5-17-15(3)18(22(4)21-17)19(24)23-10-9-20(25,12-23)13-26-16-8-6-7-14(2)11-16/h6-8,11,25H,5,9-10,12-13H2,1-4H3. The second-order valence-corrected chi connectivity index (χ2v) is 7.20. The molecule has 2 aromatic rings. The summed E-state index contributed by atoms with van der Waals surface area (Å²) in [7, 11) is 1.79. The Kier molecular flexibility index (Phi) is 5.05. The highest BCUT2D eigenvalue weighted by molar-refractivity contribution is 5.94. The molecule has 1 aliphatic rings. The molecule has 3 rings (SSSR count). The third kappa shape index (κ3) is 3.60. The highest BCUT2D eigenvalue weighted by Gasteiger charge is 2.40. The lowest BCUT2D eigenvalue weighted by molar-refractivity contribution is 0.00417. The smallest absolute Gasteiger partial charge is 0.272 e. The maximum Gasteiger partial charge on any atom is 0.272 e. The van der Waals surface area contributed by atoms with Crippen molar-refractivity contribution in [3.8, 4) is 5.75 Å². The first-order chi connectivity index (χ1) is 12.3. The highest BCUT2D eigenvalue weighted by Crippen LogP contribution is 2.26. The number of hydrogen-bond acceptors (Lipinski definition) is 4. The molecule has 1 N–H and O–H groups in total. The van der Waals surface area contributed by atoms with Crippen molar-refractivity contribution in [1.29, 1.82) is 0 Å². The van der Waals surface area contributed by atoms with E-state index >= 15 is 0 Å². The summed E-state index contributed by atoms with van der Waals surface area (Å²) >= 11 is 0. The van der Waals surface area contributed by atoms with Crippen molar-refractivity contribution in [1.82, 2.24) is 14.7 Å². The van der Waals surface area contributed by atoms with Crippen LogP contribution in [0.5, 0.6) is 5.75 Å². The van der Waals surface area contributed by atoms with E-state index in [9.17, 15) is 9.90 Å². The zero-order valence-corrected chi connectivity index (χ0v) is 16.0. The van der Waals surface area contributed by atoms with Crippen molar-refractivity contribution >= 4 is 5.91 Å². The Morgan fingerprint density at radius 1 is 1.38 bits per heavy atom. The first-order valence-electron chi connectivity index (χ1n) is 9.06. The maximum absolute atomic E-state index is 12.9. The molecule has 6 nitrogen and oxygen atoms in total. The lowest BCUT2D eigenvalue weighted by Gasteiger charge is -2.24. The average Bonchev–Trinajstić information content (AvgIpc) is 3.13. The number of aryl methyl sites for hydroxylation is 3. The number of ether oxygens (including phenoxy) is 1. The van der Waals surface area contributed by atoms with Gasteiger partial charge in [-0.05, 0) is 44.4 Å². The Labute approximate surface area is 154 Å². The summed E-state index contributed by atoms with van der Waals surface area (Å²) in [5.41, 5.74) is 2.54. The van der Waals surface area contributed by atoms with Crippen LogP contribution >= 0.6 is 0 Å². The molecular formula is C20H27N3O3. The predicted octanol–water partition coefficient (Wildman–Crippen LogP) is 2.26. The average molecular weight is 357 g/mol. The van der Waals surface area contributed by atoms with Crippen molar-refractivity contribution < 1.29 is 14.6 Å². The van der Waals surface area contributed by atoms with Gasteiger partial charge in [0, 0.05) is 19.2 Å². The van der Waals surface area contributed by atoms with E-state index in [0.717, 1.165) is 29.0 Å². The molecule has 1 aromatic heterocycles. The Morgan fingerprint density at radius 2 is 2.15 bits per heavy atom. The van der Waals surface area contributed by atoms with Crippen molar-refractivity contribution in [3.05, 3.63) is 46.8 Å². The first-order valence-corrected chi connectivity index (χ1v) is 9.06. The van der Waals surface area contributed by atoms with Crippen LogP contribution in [0.3, 0.4) is 0 Å². The van der Waals surface area contributed by atoms with Gasteiger partial charge in [-0.25, -0.2) is 0 Å². The highest BCUT2D eigenvalue weighted by atomic mass is 16.5. The van der Waals surface area contributed by atoms with Gasteiger partial charge in [0.2, 0.25) is 0 Å². The second kappa shape index (κ2) is 7.11. The van der Waals surface area contributed by atoms with Crippen molar-refractivity contribution in [3.63, 3.8) is 0 Å². The lowest BCUT2D eigenvalue weighted by Crippen LogP contribution is -2.41. The second-order valence-electron chi connectivity index (χ2n) is 7.20. The van der Waals surface area contributed by atoms with Crippen molar-refractivity contribution in [2.75, 3.05) is 19.7 Å². The lowest BCUT2D eigenvalue weighted by atomic mass is 10.1. The Hall–Kier alpha value is -2.34. The summed E-state index contributed by atoms with van der Waals surface area (Å²) < 4.78 is 7.42. The van der Waals surface area contributed by atoms with E-state index in [1.807, 2.05) is 45.0 Å². The predicted molar refractivity (Wildman–Crippen MR) is 99.5 cm³/mol. The van der Waals surface area contributed by atoms with E-state index in [-0.39, 0.29) is 19.1 Å². The van der Waals surface area contributed by atoms with Crippen LogP contribution in [0.25, 0.3) is 0 Å². The number of carbonyl (C=O) groups is 1. The van der Waals surface area contributed by atoms with Gasteiger partial charge in [-0.3, -0.25) is 9.48 Å². The van der Waals surface area contributed by atoms with E-state index < -0.39 is 5.60 Å². The van der Waals surface area contributed by atoms with Crippen LogP contribution in [0.4, 0.5) is 0 Å². The van der Waals surface area contributed by atoms with Gasteiger partial charge in [0.1, 0.15) is 23.7 Å². The van der Waals surface area contributed by atoms with Gasteiger partial charge in [-0.2, -0.15) is 5.10 Å². The van der Waals surface area contributed by atoms with Gasteiger partial charge in [0.15, 0.2) is 0 Å². The van der Waals surface area contributed by atoms with Crippen LogP contribution in [0.2, 0.25) is 0 Å². The minimum absolute atomic E-state index is 0.0799. The zero-order valence-electron chi connectivity index (χ0n) is 16.0. The number of hydrogen-bond donors (Lipinski definition) is 1. The molecule has 1 atom stereocenters. The molecule has 1 aromatic carbocycles. The first kappa shape index (κ1) is 18.5. The zero-order chi connectivity index (χ0) is 18.9. The molecule has 0 radical (unpaired) electrons. The molecule has 6 heteroatoms. The summed E-state index contributed by atoms with van der Waals surface area (Å²) in [6, 6.07) is 7.74. The van der Waals surface area contributed by atoms with Crippen LogP contribution < -0.4 is 4.74 Å². The van der Waals surface area contributed by atoms with E-state index in [1.165, 1.54) is 0 Å². The SMILES string of the molecule is CCc1nn(C)c(C(=O)N2CCC(O)(COc3cccc(C)c3)C2)c1C. The molecule has 1 amide bonds. The number of rotatable bonds is 5. The number of likely N-dealkylation sites (tertiary alicyclic amines) is 1. The number of benzene rings is 1. The summed E-state index contributed by atoms with van der Waals surface area (Å²) in [6.45, 7) is 6.91. The Morgan fingerprint density at radius 3 is 2.81 bits per heavy atom. The molecule has 26 heavy (non-hydrogen) atoms. The molecule has 0 aliphatic carbocycles. The third-order valence-electron chi connectivity index (χ3n) is 5.04. The summed E-state index contributed by atoms with van der Waals surface area (Å²) in [5.74, 6) is 0.655. The Bertz CT molecular complexity index is 815. The van der Waals surface area contributed by atoms with Crippen LogP contribution in [-0.2, 0) is 13.5 Å². The molecule has 1 fully saturated rings. The van der Waals surface area contributed by atoms with E-state index in [0.29, 0.717) is 18.7 Å². The number of amides is 1. The molecular weight excluding hydrogens is 330 g/mol. The fourth-order valence-electron chi connectivity index (χ4n) is 3.54. The number of aliphatic hydroxyl groups is 1. The molecule has 0 saturated carbocycles. The fraction of sp³-hybridized carbons (Fsp3) is 0.500. The molecule has 0 spiro atoms. The number of nitrogens with zero attached hydrogens (tertiary/aromatic N) is 3. The summed E-state index contributed by atoms with van der Waals surface area (Å²) in [5, 5.41) is 15.3. The van der Waals surface area contributed by atoms with E-state index in [4.69, 9.17) is 4.74 Å². The normalized spacial score (nSPS) is 19.8. The van der Waals surface area contributed by atoms with Gasteiger partial charge < -0.3 is 14.7 Å². The van der Waals surface area contributed by atoms with Crippen LogP contribution in [0, 0.1) is 13.8 Å². The molecule has 1 unspecified atom stereocenters.